The summed E-state index contributed by atoms with van der Waals surface area (Å²) in [6.45, 7) is -1.30. The normalized spacial score (nSPS) is 17.4. The Bertz CT molecular complexity index is 1320. The Morgan fingerprint density at radius 3 is 2.38 bits per heavy atom. The molecule has 0 saturated carbocycles. The maximum absolute atomic E-state index is 13.1. The van der Waals surface area contributed by atoms with Crippen molar-refractivity contribution in [1.82, 2.24) is 10.3 Å². The number of amides is 3. The number of imide groups is 1. The minimum Gasteiger partial charge on any atom is -0.493 e. The number of nitrogens with one attached hydrogen (secondary N) is 1. The number of hydrogen-bond donors (Lipinski definition) is 1. The SMILES string of the molecule is COc1cc(C=NN2C(=O)NC(C)(c3ccc(OC(F)F)cc3)C2=O)ccc1OCc1ccc(F)cc1. The standard InChI is InChI=1S/C26H22F3N3O5/c1-26(18-6-10-20(11-7-18)37-24(28)29)23(33)32(25(34)31-26)30-14-17-5-12-21(22(13-17)35-2)36-15-16-3-8-19(27)9-4-16/h3-14,24H,15H2,1-2H3,(H,31,34). The van der Waals surface area contributed by atoms with Gasteiger partial charge in [0, 0.05) is 0 Å². The highest BCUT2D eigenvalue weighted by Crippen LogP contribution is 2.31. The average Bonchev–Trinajstić information content (AvgIpc) is 3.10. The van der Waals surface area contributed by atoms with Crippen LogP contribution in [0.2, 0.25) is 0 Å². The molecule has 1 unspecified atom stereocenters. The van der Waals surface area contributed by atoms with Crippen LogP contribution in [-0.4, -0.2) is 36.9 Å². The van der Waals surface area contributed by atoms with E-state index in [2.05, 4.69) is 15.2 Å². The second-order valence-corrected chi connectivity index (χ2v) is 8.14. The third kappa shape index (κ3) is 5.66. The van der Waals surface area contributed by atoms with Gasteiger partial charge in [-0.3, -0.25) is 4.79 Å². The lowest BCUT2D eigenvalue weighted by Gasteiger charge is -2.21. The van der Waals surface area contributed by atoms with E-state index in [0.29, 0.717) is 27.6 Å². The lowest BCUT2D eigenvalue weighted by molar-refractivity contribution is -0.131. The van der Waals surface area contributed by atoms with E-state index in [4.69, 9.17) is 9.47 Å². The first kappa shape index (κ1) is 25.5. The van der Waals surface area contributed by atoms with Crippen LogP contribution in [0.25, 0.3) is 0 Å². The van der Waals surface area contributed by atoms with Crippen molar-refractivity contribution in [3.8, 4) is 17.2 Å². The van der Waals surface area contributed by atoms with Crippen LogP contribution in [0.5, 0.6) is 17.2 Å². The van der Waals surface area contributed by atoms with E-state index < -0.39 is 24.1 Å². The number of benzene rings is 3. The molecular weight excluding hydrogens is 491 g/mol. The Morgan fingerprint density at radius 1 is 1.03 bits per heavy atom. The van der Waals surface area contributed by atoms with Gasteiger partial charge in [0.05, 0.1) is 13.3 Å². The summed E-state index contributed by atoms with van der Waals surface area (Å²) in [5.41, 5.74) is 0.211. The average molecular weight is 513 g/mol. The molecule has 4 rings (SSSR count). The zero-order chi connectivity index (χ0) is 26.6. The number of methoxy groups -OCH3 is 1. The summed E-state index contributed by atoms with van der Waals surface area (Å²) in [4.78, 5) is 25.6. The smallest absolute Gasteiger partial charge is 0.387 e. The van der Waals surface area contributed by atoms with Crippen molar-refractivity contribution in [2.45, 2.75) is 25.7 Å². The summed E-state index contributed by atoms with van der Waals surface area (Å²) in [5, 5.41) is 7.30. The summed E-state index contributed by atoms with van der Waals surface area (Å²) in [5.74, 6) is -0.242. The summed E-state index contributed by atoms with van der Waals surface area (Å²) in [6, 6.07) is 15.5. The first-order valence-corrected chi connectivity index (χ1v) is 11.0. The van der Waals surface area contributed by atoms with E-state index in [1.54, 1.807) is 30.3 Å². The van der Waals surface area contributed by atoms with E-state index >= 15 is 0 Å². The van der Waals surface area contributed by atoms with E-state index in [-0.39, 0.29) is 18.2 Å². The van der Waals surface area contributed by atoms with Crippen molar-refractivity contribution in [3.63, 3.8) is 0 Å². The zero-order valence-electron chi connectivity index (χ0n) is 19.8. The van der Waals surface area contributed by atoms with E-state index in [1.165, 1.54) is 56.6 Å². The molecule has 192 valence electrons. The fourth-order valence-corrected chi connectivity index (χ4v) is 3.64. The van der Waals surface area contributed by atoms with Gasteiger partial charge in [-0.25, -0.2) is 9.18 Å². The van der Waals surface area contributed by atoms with Crippen LogP contribution in [0.15, 0.2) is 71.8 Å². The van der Waals surface area contributed by atoms with Gasteiger partial charge in [0.15, 0.2) is 11.5 Å². The maximum Gasteiger partial charge on any atom is 0.387 e. The van der Waals surface area contributed by atoms with E-state index in [9.17, 15) is 22.8 Å². The quantitative estimate of drug-likeness (QED) is 0.328. The lowest BCUT2D eigenvalue weighted by atomic mass is 9.92. The molecule has 1 N–H and O–H groups in total. The number of rotatable bonds is 9. The second-order valence-electron chi connectivity index (χ2n) is 8.14. The highest BCUT2D eigenvalue weighted by Gasteiger charge is 2.49. The number of hydrazone groups is 1. The van der Waals surface area contributed by atoms with E-state index in [0.717, 1.165) is 5.56 Å². The number of urea groups is 1. The highest BCUT2D eigenvalue weighted by molar-refractivity contribution is 6.07. The molecule has 0 aromatic heterocycles. The number of ether oxygens (including phenoxy) is 3. The van der Waals surface area contributed by atoms with Crippen molar-refractivity contribution in [2.24, 2.45) is 5.10 Å². The molecule has 3 aromatic carbocycles. The number of halogens is 3. The molecule has 0 spiro atoms. The van der Waals surface area contributed by atoms with Crippen LogP contribution in [0.1, 0.15) is 23.6 Å². The van der Waals surface area contributed by atoms with Gasteiger partial charge in [-0.05, 0) is 66.1 Å². The van der Waals surface area contributed by atoms with Crippen LogP contribution in [0.3, 0.4) is 0 Å². The van der Waals surface area contributed by atoms with Crippen LogP contribution in [0, 0.1) is 5.82 Å². The first-order chi connectivity index (χ1) is 17.7. The number of nitrogens with zero attached hydrogens (tertiary/aromatic N) is 2. The summed E-state index contributed by atoms with van der Waals surface area (Å²) < 4.78 is 53.3. The first-order valence-electron chi connectivity index (χ1n) is 11.0. The molecule has 0 bridgehead atoms. The van der Waals surface area contributed by atoms with Gasteiger partial charge < -0.3 is 19.5 Å². The van der Waals surface area contributed by atoms with Gasteiger partial charge in [-0.1, -0.05) is 24.3 Å². The number of hydrogen-bond acceptors (Lipinski definition) is 6. The van der Waals surface area contributed by atoms with Crippen LogP contribution < -0.4 is 19.5 Å². The fraction of sp³-hybridized carbons (Fsp3) is 0.192. The molecule has 0 radical (unpaired) electrons. The second kappa shape index (κ2) is 10.6. The highest BCUT2D eigenvalue weighted by atomic mass is 19.3. The summed E-state index contributed by atoms with van der Waals surface area (Å²) in [6.07, 6.45) is 1.31. The Labute approximate surface area is 210 Å². The molecule has 1 aliphatic rings. The third-order valence-corrected chi connectivity index (χ3v) is 5.64. The van der Waals surface area contributed by atoms with E-state index in [1.807, 2.05) is 0 Å². The number of carbonyl (C=O) groups excluding carboxylic acids is 2. The van der Waals surface area contributed by atoms with Gasteiger partial charge in [-0.2, -0.15) is 13.9 Å². The largest absolute Gasteiger partial charge is 0.493 e. The molecule has 3 amide bonds. The van der Waals surface area contributed by atoms with Gasteiger partial charge in [0.25, 0.3) is 5.91 Å². The summed E-state index contributed by atoms with van der Waals surface area (Å²) >= 11 is 0. The van der Waals surface area contributed by atoms with Crippen LogP contribution >= 0.6 is 0 Å². The maximum atomic E-state index is 13.1. The van der Waals surface area contributed by atoms with Crippen molar-refractivity contribution in [1.29, 1.82) is 0 Å². The zero-order valence-corrected chi connectivity index (χ0v) is 19.8. The molecule has 3 aromatic rings. The predicted molar refractivity (Wildman–Crippen MR) is 127 cm³/mol. The number of alkyl halides is 2. The van der Waals surface area contributed by atoms with Gasteiger partial charge in [0.2, 0.25) is 0 Å². The minimum atomic E-state index is -2.98. The Balaban J connectivity index is 1.46. The van der Waals surface area contributed by atoms with Crippen molar-refractivity contribution in [2.75, 3.05) is 7.11 Å². The van der Waals surface area contributed by atoms with Crippen LogP contribution in [0.4, 0.5) is 18.0 Å². The monoisotopic (exact) mass is 513 g/mol. The third-order valence-electron chi connectivity index (χ3n) is 5.64. The van der Waals surface area contributed by atoms with Gasteiger partial charge in [0.1, 0.15) is 23.7 Å². The molecule has 37 heavy (non-hydrogen) atoms. The molecule has 1 saturated heterocycles. The lowest BCUT2D eigenvalue weighted by Crippen LogP contribution is -2.40. The molecule has 1 fully saturated rings. The molecule has 11 heteroatoms. The fourth-order valence-electron chi connectivity index (χ4n) is 3.64. The Hall–Kier alpha value is -4.54. The van der Waals surface area contributed by atoms with Gasteiger partial charge >= 0.3 is 12.6 Å². The summed E-state index contributed by atoms with van der Waals surface area (Å²) in [7, 11) is 1.46. The molecule has 0 aliphatic carbocycles. The van der Waals surface area contributed by atoms with Gasteiger partial charge in [-0.15, -0.1) is 5.01 Å². The number of carbonyl (C=O) groups is 2. The molecule has 1 heterocycles. The molecule has 1 aliphatic heterocycles. The van der Waals surface area contributed by atoms with Crippen LogP contribution in [-0.2, 0) is 16.9 Å². The minimum absolute atomic E-state index is 0.0759. The predicted octanol–water partition coefficient (Wildman–Crippen LogP) is 4.82. The Kier molecular flexibility index (Phi) is 7.32. The molecule has 1 atom stereocenters. The topological polar surface area (TPSA) is 89.5 Å². The molecular formula is C26H22F3N3O5. The molecule has 8 nitrogen and oxygen atoms in total. The van der Waals surface area contributed by atoms with Crippen molar-refractivity contribution in [3.05, 3.63) is 89.2 Å². The van der Waals surface area contributed by atoms with Crippen molar-refractivity contribution < 1.29 is 37.0 Å². The Morgan fingerprint density at radius 2 is 1.73 bits per heavy atom. The van der Waals surface area contributed by atoms with Crippen molar-refractivity contribution >= 4 is 18.2 Å².